The average Bonchev–Trinajstić information content (AvgIpc) is 2.18. The van der Waals surface area contributed by atoms with Gasteiger partial charge in [0.05, 0.1) is 12.4 Å². The zero-order chi connectivity index (χ0) is 9.90. The highest BCUT2D eigenvalue weighted by molar-refractivity contribution is 7.89. The Morgan fingerprint density at radius 2 is 1.92 bits per heavy atom. The molecule has 0 unspecified atom stereocenters. The number of hydrogen-bond acceptors (Lipinski definition) is 4. The summed E-state index contributed by atoms with van der Waals surface area (Å²) in [6.07, 6.45) is 1.10. The van der Waals surface area contributed by atoms with E-state index in [4.69, 9.17) is 4.74 Å². The van der Waals surface area contributed by atoms with Crippen molar-refractivity contribution in [3.63, 3.8) is 0 Å². The van der Waals surface area contributed by atoms with Crippen LogP contribution in [0, 0.1) is 0 Å². The molecule has 1 aliphatic rings. The second-order valence-corrected chi connectivity index (χ2v) is 5.16. The number of rotatable bonds is 3. The van der Waals surface area contributed by atoms with E-state index in [0.29, 0.717) is 26.1 Å². The van der Waals surface area contributed by atoms with E-state index in [9.17, 15) is 8.42 Å². The highest BCUT2D eigenvalue weighted by Crippen LogP contribution is 2.18. The van der Waals surface area contributed by atoms with Gasteiger partial charge in [0, 0.05) is 20.3 Å². The van der Waals surface area contributed by atoms with Crippen molar-refractivity contribution in [1.82, 2.24) is 4.47 Å². The van der Waals surface area contributed by atoms with Gasteiger partial charge in [-0.05, 0) is 12.8 Å². The summed E-state index contributed by atoms with van der Waals surface area (Å²) in [6.45, 7) is 1.03. The van der Waals surface area contributed by atoms with Crippen molar-refractivity contribution in [2.45, 2.75) is 18.1 Å². The maximum absolute atomic E-state index is 11.7. The molecule has 0 amide bonds. The van der Waals surface area contributed by atoms with Crippen molar-refractivity contribution in [3.8, 4) is 0 Å². The van der Waals surface area contributed by atoms with Crippen molar-refractivity contribution in [2.75, 3.05) is 27.4 Å². The largest absolute Gasteiger partial charge is 0.381 e. The molecule has 5 nitrogen and oxygen atoms in total. The van der Waals surface area contributed by atoms with E-state index in [0.717, 1.165) is 4.47 Å². The number of sulfonamides is 1. The number of ether oxygens (including phenoxy) is 1. The molecule has 0 atom stereocenters. The van der Waals surface area contributed by atoms with E-state index in [2.05, 4.69) is 4.84 Å². The molecule has 1 saturated heterocycles. The van der Waals surface area contributed by atoms with Crippen LogP contribution < -0.4 is 0 Å². The van der Waals surface area contributed by atoms with Gasteiger partial charge in [-0.2, -0.15) is 0 Å². The summed E-state index contributed by atoms with van der Waals surface area (Å²) >= 11 is 0. The third-order valence-electron chi connectivity index (χ3n) is 2.21. The van der Waals surface area contributed by atoms with E-state index in [1.165, 1.54) is 14.2 Å². The highest BCUT2D eigenvalue weighted by Gasteiger charge is 2.31. The second-order valence-electron chi connectivity index (χ2n) is 2.95. The summed E-state index contributed by atoms with van der Waals surface area (Å²) < 4.78 is 29.3. The predicted molar refractivity (Wildman–Crippen MR) is 47.5 cm³/mol. The monoisotopic (exact) mass is 209 g/mol. The lowest BCUT2D eigenvalue weighted by atomic mass is 10.2. The van der Waals surface area contributed by atoms with Gasteiger partial charge in [-0.25, -0.2) is 8.42 Å². The molecule has 13 heavy (non-hydrogen) atoms. The lowest BCUT2D eigenvalue weighted by Gasteiger charge is -2.25. The van der Waals surface area contributed by atoms with Crippen LogP contribution in [-0.4, -0.2) is 45.5 Å². The Morgan fingerprint density at radius 3 is 2.38 bits per heavy atom. The minimum absolute atomic E-state index is 0.355. The third kappa shape index (κ3) is 2.40. The fraction of sp³-hybridized carbons (Fsp3) is 1.00. The predicted octanol–water partition coefficient (Wildman–Crippen LogP) is -0.0116. The minimum atomic E-state index is -3.28. The van der Waals surface area contributed by atoms with Gasteiger partial charge in [0.1, 0.15) is 0 Å². The Bertz CT molecular complexity index is 245. The summed E-state index contributed by atoms with van der Waals surface area (Å²) in [5.74, 6) is 0. The van der Waals surface area contributed by atoms with Gasteiger partial charge in [-0.3, -0.25) is 4.84 Å². The van der Waals surface area contributed by atoms with Crippen LogP contribution in [0.3, 0.4) is 0 Å². The van der Waals surface area contributed by atoms with Gasteiger partial charge in [0.2, 0.25) is 10.0 Å². The van der Waals surface area contributed by atoms with Crippen LogP contribution in [-0.2, 0) is 19.6 Å². The van der Waals surface area contributed by atoms with Crippen molar-refractivity contribution in [1.29, 1.82) is 0 Å². The standard InChI is InChI=1S/C7H15NO4S/c1-8(11-2)13(9,10)7-3-5-12-6-4-7/h7H,3-6H2,1-2H3. The highest BCUT2D eigenvalue weighted by atomic mass is 32.2. The first-order chi connectivity index (χ1) is 6.09. The molecule has 0 saturated carbocycles. The van der Waals surface area contributed by atoms with Gasteiger partial charge in [0.15, 0.2) is 0 Å². The zero-order valence-corrected chi connectivity index (χ0v) is 8.71. The smallest absolute Gasteiger partial charge is 0.238 e. The number of nitrogens with zero attached hydrogens (tertiary/aromatic N) is 1. The summed E-state index contributed by atoms with van der Waals surface area (Å²) in [4.78, 5) is 4.67. The molecule has 0 aliphatic carbocycles. The van der Waals surface area contributed by atoms with E-state index in [1.54, 1.807) is 0 Å². The number of hydrogen-bond donors (Lipinski definition) is 0. The third-order valence-corrected chi connectivity index (χ3v) is 4.38. The zero-order valence-electron chi connectivity index (χ0n) is 7.89. The number of hydroxylamine groups is 1. The summed E-state index contributed by atoms with van der Waals surface area (Å²) in [5, 5.41) is -0.355. The molecule has 1 fully saturated rings. The van der Waals surface area contributed by atoms with Gasteiger partial charge < -0.3 is 4.74 Å². The van der Waals surface area contributed by atoms with E-state index < -0.39 is 10.0 Å². The minimum Gasteiger partial charge on any atom is -0.381 e. The molecule has 78 valence electrons. The molecule has 0 aromatic rings. The fourth-order valence-corrected chi connectivity index (χ4v) is 2.70. The molecular formula is C7H15NO4S. The lowest BCUT2D eigenvalue weighted by Crippen LogP contribution is -2.38. The summed E-state index contributed by atoms with van der Waals surface area (Å²) in [5.41, 5.74) is 0. The van der Waals surface area contributed by atoms with Crippen LogP contribution in [0.4, 0.5) is 0 Å². The first-order valence-corrected chi connectivity index (χ1v) is 5.69. The molecule has 0 aromatic heterocycles. The first kappa shape index (κ1) is 10.9. The molecule has 0 spiro atoms. The Morgan fingerprint density at radius 1 is 1.38 bits per heavy atom. The van der Waals surface area contributed by atoms with Crippen LogP contribution in [0.5, 0.6) is 0 Å². The van der Waals surface area contributed by atoms with Crippen LogP contribution in [0.2, 0.25) is 0 Å². The van der Waals surface area contributed by atoms with Crippen molar-refractivity contribution < 1.29 is 18.0 Å². The van der Waals surface area contributed by atoms with E-state index >= 15 is 0 Å². The molecule has 0 bridgehead atoms. The second kappa shape index (κ2) is 4.36. The maximum Gasteiger partial charge on any atom is 0.238 e. The molecule has 6 heteroatoms. The van der Waals surface area contributed by atoms with Gasteiger partial charge in [-0.1, -0.05) is 4.47 Å². The lowest BCUT2D eigenvalue weighted by molar-refractivity contribution is -0.0283. The molecule has 0 aromatic carbocycles. The van der Waals surface area contributed by atoms with Crippen molar-refractivity contribution >= 4 is 10.0 Å². The Kier molecular flexibility index (Phi) is 3.66. The van der Waals surface area contributed by atoms with Crippen molar-refractivity contribution in [2.24, 2.45) is 0 Å². The maximum atomic E-state index is 11.7. The Hall–Kier alpha value is -0.170. The first-order valence-electron chi connectivity index (χ1n) is 4.18. The quantitative estimate of drug-likeness (QED) is 0.613. The van der Waals surface area contributed by atoms with Gasteiger partial charge >= 0.3 is 0 Å². The Labute approximate surface area is 78.6 Å². The molecule has 1 aliphatic heterocycles. The molecular weight excluding hydrogens is 194 g/mol. The van der Waals surface area contributed by atoms with Crippen LogP contribution in [0.25, 0.3) is 0 Å². The van der Waals surface area contributed by atoms with Gasteiger partial charge in [0.25, 0.3) is 0 Å². The molecule has 0 N–H and O–H groups in total. The SMILES string of the molecule is CON(C)S(=O)(=O)C1CCOCC1. The van der Waals surface area contributed by atoms with Crippen LogP contribution in [0.1, 0.15) is 12.8 Å². The fourth-order valence-electron chi connectivity index (χ4n) is 1.29. The van der Waals surface area contributed by atoms with Crippen LogP contribution >= 0.6 is 0 Å². The van der Waals surface area contributed by atoms with E-state index in [-0.39, 0.29) is 5.25 Å². The normalized spacial score (nSPS) is 20.8. The van der Waals surface area contributed by atoms with Crippen molar-refractivity contribution in [3.05, 3.63) is 0 Å². The van der Waals surface area contributed by atoms with Gasteiger partial charge in [-0.15, -0.1) is 0 Å². The molecule has 1 rings (SSSR count). The topological polar surface area (TPSA) is 55.8 Å². The molecule has 1 heterocycles. The average molecular weight is 209 g/mol. The van der Waals surface area contributed by atoms with E-state index in [1.807, 2.05) is 0 Å². The summed E-state index contributed by atoms with van der Waals surface area (Å²) in [7, 11) is -0.529. The molecule has 0 radical (unpaired) electrons. The van der Waals surface area contributed by atoms with Crippen LogP contribution in [0.15, 0.2) is 0 Å². The Balaban J connectivity index is 2.67. The summed E-state index contributed by atoms with van der Waals surface area (Å²) in [6, 6.07) is 0.